The zero-order chi connectivity index (χ0) is 15.7. The summed E-state index contributed by atoms with van der Waals surface area (Å²) < 4.78 is 0. The molecule has 0 bridgehead atoms. The minimum atomic E-state index is -0.409. The molecule has 0 radical (unpaired) electrons. The number of pyridine rings is 1. The van der Waals surface area contributed by atoms with Gasteiger partial charge in [0, 0.05) is 29.3 Å². The number of nitrogens with zero attached hydrogens (tertiary/aromatic N) is 2. The summed E-state index contributed by atoms with van der Waals surface area (Å²) in [6.45, 7) is 4.00. The minimum Gasteiger partial charge on any atom is -0.396 e. The van der Waals surface area contributed by atoms with Crippen LogP contribution in [0.25, 0.3) is 22.2 Å². The summed E-state index contributed by atoms with van der Waals surface area (Å²) in [5, 5.41) is 17.4. The number of hydrogen-bond donors (Lipinski definition) is 3. The Labute approximate surface area is 165 Å². The van der Waals surface area contributed by atoms with Gasteiger partial charge in [-0.1, -0.05) is 12.1 Å². The van der Waals surface area contributed by atoms with Gasteiger partial charge in [0.25, 0.3) is 0 Å². The van der Waals surface area contributed by atoms with Gasteiger partial charge >= 0.3 is 0 Å². The van der Waals surface area contributed by atoms with Gasteiger partial charge in [0.15, 0.2) is 0 Å². The summed E-state index contributed by atoms with van der Waals surface area (Å²) in [5.41, 5.74) is 10.6. The van der Waals surface area contributed by atoms with Gasteiger partial charge in [-0.15, -0.1) is 37.2 Å². The predicted molar refractivity (Wildman–Crippen MR) is 109 cm³/mol. The van der Waals surface area contributed by atoms with Crippen LogP contribution in [0, 0.1) is 0 Å². The van der Waals surface area contributed by atoms with Gasteiger partial charge in [-0.05, 0) is 43.5 Å². The van der Waals surface area contributed by atoms with Crippen LogP contribution in [0.15, 0.2) is 36.7 Å². The summed E-state index contributed by atoms with van der Waals surface area (Å²) in [6.07, 6.45) is 4.18. The zero-order valence-corrected chi connectivity index (χ0v) is 16.5. The van der Waals surface area contributed by atoms with E-state index in [0.717, 1.165) is 33.3 Å². The first kappa shape index (κ1) is 23.6. The Hall–Kier alpha value is -1.37. The number of benzene rings is 1. The van der Waals surface area contributed by atoms with E-state index >= 15 is 0 Å². The zero-order valence-electron chi connectivity index (χ0n) is 14.0. The highest BCUT2D eigenvalue weighted by atomic mass is 35.5. The van der Waals surface area contributed by atoms with Crippen LogP contribution in [0.5, 0.6) is 0 Å². The average Bonchev–Trinajstić information content (AvgIpc) is 2.96. The van der Waals surface area contributed by atoms with Gasteiger partial charge < -0.3 is 10.8 Å². The molecular weight excluding hydrogens is 383 g/mol. The highest BCUT2D eigenvalue weighted by molar-refractivity contribution is 5.88. The number of aromatic amines is 1. The van der Waals surface area contributed by atoms with Crippen molar-refractivity contribution >= 4 is 48.1 Å². The molecule has 138 valence electrons. The Morgan fingerprint density at radius 2 is 1.80 bits per heavy atom. The van der Waals surface area contributed by atoms with Gasteiger partial charge in [-0.3, -0.25) is 10.1 Å². The van der Waals surface area contributed by atoms with Crippen molar-refractivity contribution in [2.24, 2.45) is 5.73 Å². The van der Waals surface area contributed by atoms with Gasteiger partial charge in [0.2, 0.25) is 0 Å². The standard InChI is InChI=1S/C17H20N4O.3ClH/c1-17(2,18)11-3-5-15(19-9-11)13-4-6-16-14(10-20-21-16)12(13)7-8-22;;;/h3-6,9-10,22H,7-8,18H2,1-2H3,(H,20,21);3*1H. The molecule has 8 heteroatoms. The largest absolute Gasteiger partial charge is 0.396 e. The third kappa shape index (κ3) is 4.84. The molecular formula is C17H23Cl3N4O. The smallest absolute Gasteiger partial charge is 0.0705 e. The predicted octanol–water partition coefficient (Wildman–Crippen LogP) is 3.62. The van der Waals surface area contributed by atoms with Crippen molar-refractivity contribution in [3.8, 4) is 11.3 Å². The molecule has 0 amide bonds. The fourth-order valence-corrected chi connectivity index (χ4v) is 2.63. The molecule has 0 spiro atoms. The minimum absolute atomic E-state index is 0. The average molecular weight is 406 g/mol. The summed E-state index contributed by atoms with van der Waals surface area (Å²) in [4.78, 5) is 4.56. The van der Waals surface area contributed by atoms with Crippen molar-refractivity contribution in [3.05, 3.63) is 47.8 Å². The van der Waals surface area contributed by atoms with Gasteiger partial charge in [0.05, 0.1) is 17.4 Å². The van der Waals surface area contributed by atoms with Gasteiger partial charge in [-0.2, -0.15) is 5.10 Å². The first-order chi connectivity index (χ1) is 10.5. The molecule has 3 rings (SSSR count). The maximum atomic E-state index is 9.37. The fraction of sp³-hybridized carbons (Fsp3) is 0.294. The Balaban J connectivity index is 0.00000192. The molecule has 2 aromatic heterocycles. The number of fused-ring (bicyclic) bond motifs is 1. The highest BCUT2D eigenvalue weighted by Crippen LogP contribution is 2.29. The molecule has 4 N–H and O–H groups in total. The third-order valence-electron chi connectivity index (χ3n) is 3.88. The number of aliphatic hydroxyl groups excluding tert-OH is 1. The summed E-state index contributed by atoms with van der Waals surface area (Å²) in [6, 6.07) is 7.98. The second kappa shape index (κ2) is 9.36. The Bertz CT molecular complexity index is 798. The lowest BCUT2D eigenvalue weighted by Crippen LogP contribution is -2.28. The number of hydrogen-bond acceptors (Lipinski definition) is 4. The highest BCUT2D eigenvalue weighted by Gasteiger charge is 2.16. The number of halogens is 3. The van der Waals surface area contributed by atoms with E-state index < -0.39 is 5.54 Å². The van der Waals surface area contributed by atoms with Crippen LogP contribution in [-0.2, 0) is 12.0 Å². The lowest BCUT2D eigenvalue weighted by atomic mass is 9.95. The number of H-pyrrole nitrogens is 1. The van der Waals surface area contributed by atoms with E-state index in [1.54, 1.807) is 6.20 Å². The molecule has 0 aliphatic carbocycles. The molecule has 0 aliphatic rings. The van der Waals surface area contributed by atoms with Crippen LogP contribution in [0.2, 0.25) is 0 Å². The molecule has 0 saturated heterocycles. The van der Waals surface area contributed by atoms with Crippen molar-refractivity contribution in [2.75, 3.05) is 6.61 Å². The molecule has 0 unspecified atom stereocenters. The second-order valence-corrected chi connectivity index (χ2v) is 6.05. The van der Waals surface area contributed by atoms with E-state index in [9.17, 15) is 5.11 Å². The molecule has 0 atom stereocenters. The normalized spacial score (nSPS) is 10.6. The Kier molecular flexibility index (Phi) is 8.85. The molecule has 2 heterocycles. The monoisotopic (exact) mass is 404 g/mol. The van der Waals surface area contributed by atoms with E-state index in [-0.39, 0.29) is 43.8 Å². The van der Waals surface area contributed by atoms with Crippen LogP contribution >= 0.6 is 37.2 Å². The maximum Gasteiger partial charge on any atom is 0.0705 e. The Morgan fingerprint density at radius 1 is 1.08 bits per heavy atom. The molecule has 0 fully saturated rings. The topological polar surface area (TPSA) is 87.8 Å². The summed E-state index contributed by atoms with van der Waals surface area (Å²) in [7, 11) is 0. The van der Waals surface area contributed by atoms with E-state index in [1.807, 2.05) is 44.3 Å². The third-order valence-corrected chi connectivity index (χ3v) is 3.88. The summed E-state index contributed by atoms with van der Waals surface area (Å²) in [5.74, 6) is 0. The maximum absolute atomic E-state index is 9.37. The van der Waals surface area contributed by atoms with E-state index in [4.69, 9.17) is 5.73 Å². The van der Waals surface area contributed by atoms with Crippen molar-refractivity contribution in [2.45, 2.75) is 25.8 Å². The molecule has 25 heavy (non-hydrogen) atoms. The first-order valence-electron chi connectivity index (χ1n) is 7.32. The Morgan fingerprint density at radius 3 is 2.36 bits per heavy atom. The first-order valence-corrected chi connectivity index (χ1v) is 7.32. The number of rotatable bonds is 4. The van der Waals surface area contributed by atoms with Crippen molar-refractivity contribution in [1.29, 1.82) is 0 Å². The van der Waals surface area contributed by atoms with E-state index in [0.29, 0.717) is 6.42 Å². The SMILES string of the molecule is CC(C)(N)c1ccc(-c2ccc3[nH]ncc3c2CCO)nc1.Cl.Cl.Cl. The second-order valence-electron chi connectivity index (χ2n) is 6.05. The molecule has 0 saturated carbocycles. The number of nitrogens with one attached hydrogen (secondary N) is 1. The van der Waals surface area contributed by atoms with Crippen LogP contribution in [0.1, 0.15) is 25.0 Å². The van der Waals surface area contributed by atoms with Crippen molar-refractivity contribution in [3.63, 3.8) is 0 Å². The van der Waals surface area contributed by atoms with Crippen molar-refractivity contribution in [1.82, 2.24) is 15.2 Å². The van der Waals surface area contributed by atoms with E-state index in [1.165, 1.54) is 0 Å². The van der Waals surface area contributed by atoms with E-state index in [2.05, 4.69) is 15.2 Å². The number of nitrogens with two attached hydrogens (primary N) is 1. The number of aliphatic hydroxyl groups is 1. The molecule has 3 aromatic rings. The lowest BCUT2D eigenvalue weighted by Gasteiger charge is -2.19. The van der Waals surface area contributed by atoms with Crippen molar-refractivity contribution < 1.29 is 5.11 Å². The van der Waals surface area contributed by atoms with Gasteiger partial charge in [-0.25, -0.2) is 0 Å². The lowest BCUT2D eigenvalue weighted by molar-refractivity contribution is 0.300. The molecule has 5 nitrogen and oxygen atoms in total. The van der Waals surface area contributed by atoms with Crippen LogP contribution in [-0.4, -0.2) is 26.9 Å². The fourth-order valence-electron chi connectivity index (χ4n) is 2.63. The molecule has 0 aliphatic heterocycles. The number of aromatic nitrogens is 3. The quantitative estimate of drug-likeness (QED) is 0.618. The van der Waals surface area contributed by atoms with Crippen LogP contribution in [0.3, 0.4) is 0 Å². The summed E-state index contributed by atoms with van der Waals surface area (Å²) >= 11 is 0. The van der Waals surface area contributed by atoms with Crippen LogP contribution < -0.4 is 5.73 Å². The van der Waals surface area contributed by atoms with Gasteiger partial charge in [0.1, 0.15) is 0 Å². The van der Waals surface area contributed by atoms with Crippen LogP contribution in [0.4, 0.5) is 0 Å². The molecule has 1 aromatic carbocycles.